The number of nitrogens with one attached hydrogen (secondary N) is 1. The Morgan fingerprint density at radius 1 is 1.44 bits per heavy atom. The Hall–Kier alpha value is 0.140. The van der Waals surface area contributed by atoms with Crippen molar-refractivity contribution in [3.63, 3.8) is 0 Å². The van der Waals surface area contributed by atoms with E-state index < -0.39 is 0 Å². The van der Waals surface area contributed by atoms with Crippen LogP contribution in [0.3, 0.4) is 0 Å². The fourth-order valence-electron chi connectivity index (χ4n) is 3.32. The zero-order valence-corrected chi connectivity index (χ0v) is 14.2. The maximum absolute atomic E-state index is 3.66. The van der Waals surface area contributed by atoms with Crippen LogP contribution in [0.5, 0.6) is 0 Å². The Labute approximate surface area is 123 Å². The van der Waals surface area contributed by atoms with E-state index in [0.717, 1.165) is 5.92 Å². The molecular weight excluding hydrogens is 306 g/mol. The Balaban J connectivity index is 2.27. The summed E-state index contributed by atoms with van der Waals surface area (Å²) in [4.78, 5) is 1.49. The first-order valence-electron chi connectivity index (χ1n) is 6.89. The molecule has 1 N–H and O–H groups in total. The van der Waals surface area contributed by atoms with Crippen molar-refractivity contribution in [2.75, 3.05) is 7.05 Å². The van der Waals surface area contributed by atoms with Crippen molar-refractivity contribution in [3.05, 3.63) is 20.3 Å². The first kappa shape index (κ1) is 14.5. The number of hydrogen-bond donors (Lipinski definition) is 1. The molecule has 0 aliphatic heterocycles. The van der Waals surface area contributed by atoms with Gasteiger partial charge in [-0.15, -0.1) is 11.3 Å². The molecule has 2 atom stereocenters. The molecule has 0 aromatic carbocycles. The zero-order chi connectivity index (χ0) is 13.3. The highest BCUT2D eigenvalue weighted by molar-refractivity contribution is 9.11. The standard InChI is InChI=1S/C15H24BrNS/c1-10-9-12(18-14(10)16)13(17-4)11-7-5-6-8-15(11,2)3/h9,11,13,17H,5-8H2,1-4H3. The molecule has 102 valence electrons. The summed E-state index contributed by atoms with van der Waals surface area (Å²) < 4.78 is 1.28. The van der Waals surface area contributed by atoms with E-state index in [0.29, 0.717) is 11.5 Å². The van der Waals surface area contributed by atoms with Gasteiger partial charge in [0.1, 0.15) is 0 Å². The normalized spacial score (nSPS) is 25.1. The third kappa shape index (κ3) is 2.83. The second-order valence-electron chi connectivity index (χ2n) is 6.21. The summed E-state index contributed by atoms with van der Waals surface area (Å²) in [6.07, 6.45) is 5.50. The second kappa shape index (κ2) is 5.64. The molecule has 1 nitrogen and oxygen atoms in total. The van der Waals surface area contributed by atoms with Crippen LogP contribution < -0.4 is 5.32 Å². The van der Waals surface area contributed by atoms with Crippen LogP contribution in [0.1, 0.15) is 56.0 Å². The van der Waals surface area contributed by atoms with E-state index in [-0.39, 0.29) is 0 Å². The van der Waals surface area contributed by atoms with Crippen LogP contribution in [0.2, 0.25) is 0 Å². The first-order valence-corrected chi connectivity index (χ1v) is 8.50. The van der Waals surface area contributed by atoms with Crippen molar-refractivity contribution in [2.45, 2.75) is 52.5 Å². The van der Waals surface area contributed by atoms with Gasteiger partial charge in [-0.1, -0.05) is 26.7 Å². The van der Waals surface area contributed by atoms with Crippen molar-refractivity contribution in [2.24, 2.45) is 11.3 Å². The average Bonchev–Trinajstić information content (AvgIpc) is 2.62. The summed E-state index contributed by atoms with van der Waals surface area (Å²) in [5.74, 6) is 0.751. The predicted molar refractivity (Wildman–Crippen MR) is 84.3 cm³/mol. The lowest BCUT2D eigenvalue weighted by molar-refractivity contribution is 0.102. The summed E-state index contributed by atoms with van der Waals surface area (Å²) in [6, 6.07) is 2.86. The number of aryl methyl sites for hydroxylation is 1. The topological polar surface area (TPSA) is 12.0 Å². The van der Waals surface area contributed by atoms with Crippen LogP contribution in [0.4, 0.5) is 0 Å². The average molecular weight is 330 g/mol. The third-order valence-corrected chi connectivity index (χ3v) is 6.71. The van der Waals surface area contributed by atoms with Crippen LogP contribution in [-0.2, 0) is 0 Å². The fraction of sp³-hybridized carbons (Fsp3) is 0.733. The lowest BCUT2D eigenvalue weighted by Crippen LogP contribution is -2.37. The van der Waals surface area contributed by atoms with Gasteiger partial charge in [-0.25, -0.2) is 0 Å². The van der Waals surface area contributed by atoms with E-state index in [1.165, 1.54) is 39.9 Å². The number of hydrogen-bond acceptors (Lipinski definition) is 2. The van der Waals surface area contributed by atoms with Gasteiger partial charge in [-0.3, -0.25) is 0 Å². The molecule has 1 saturated carbocycles. The Kier molecular flexibility index (Phi) is 4.56. The molecule has 2 unspecified atom stereocenters. The Morgan fingerprint density at radius 2 is 2.17 bits per heavy atom. The minimum absolute atomic E-state index is 0.455. The van der Waals surface area contributed by atoms with Gasteiger partial charge in [0.25, 0.3) is 0 Å². The van der Waals surface area contributed by atoms with Gasteiger partial charge in [-0.05, 0) is 65.7 Å². The first-order chi connectivity index (χ1) is 8.45. The minimum atomic E-state index is 0.455. The van der Waals surface area contributed by atoms with Gasteiger partial charge in [0.2, 0.25) is 0 Å². The van der Waals surface area contributed by atoms with Gasteiger partial charge < -0.3 is 5.32 Å². The third-order valence-electron chi connectivity index (χ3n) is 4.49. The van der Waals surface area contributed by atoms with Gasteiger partial charge in [0, 0.05) is 10.9 Å². The Morgan fingerprint density at radius 3 is 2.67 bits per heavy atom. The molecule has 1 aromatic heterocycles. The van der Waals surface area contributed by atoms with Crippen LogP contribution >= 0.6 is 27.3 Å². The number of thiophene rings is 1. The highest BCUT2D eigenvalue weighted by Gasteiger charge is 2.38. The maximum atomic E-state index is 3.66. The van der Waals surface area contributed by atoms with E-state index in [2.05, 4.69) is 55.1 Å². The summed E-state index contributed by atoms with van der Waals surface area (Å²) in [7, 11) is 2.11. The van der Waals surface area contributed by atoms with E-state index in [4.69, 9.17) is 0 Å². The van der Waals surface area contributed by atoms with Crippen molar-refractivity contribution in [1.29, 1.82) is 0 Å². The lowest BCUT2D eigenvalue weighted by Gasteiger charge is -2.43. The molecule has 0 radical (unpaired) electrons. The largest absolute Gasteiger partial charge is 0.312 e. The monoisotopic (exact) mass is 329 g/mol. The molecule has 1 aromatic rings. The summed E-state index contributed by atoms with van der Waals surface area (Å²) in [6.45, 7) is 7.07. The lowest BCUT2D eigenvalue weighted by atomic mass is 9.65. The number of rotatable bonds is 3. The molecule has 1 aliphatic rings. The molecule has 2 rings (SSSR count). The quantitative estimate of drug-likeness (QED) is 0.793. The van der Waals surface area contributed by atoms with E-state index >= 15 is 0 Å². The van der Waals surface area contributed by atoms with Crippen molar-refractivity contribution in [3.8, 4) is 0 Å². The van der Waals surface area contributed by atoms with Gasteiger partial charge in [0.15, 0.2) is 0 Å². The SMILES string of the molecule is CNC(c1cc(C)c(Br)s1)C1CCCCC1(C)C. The molecule has 18 heavy (non-hydrogen) atoms. The summed E-state index contributed by atoms with van der Waals surface area (Å²) in [5, 5.41) is 3.57. The molecule has 1 fully saturated rings. The fourth-order valence-corrected chi connectivity index (χ4v) is 5.06. The molecule has 3 heteroatoms. The highest BCUT2D eigenvalue weighted by Crippen LogP contribution is 2.48. The van der Waals surface area contributed by atoms with Gasteiger partial charge in [0.05, 0.1) is 3.79 Å². The smallest absolute Gasteiger partial charge is 0.0731 e. The Bertz CT molecular complexity index is 391. The van der Waals surface area contributed by atoms with E-state index in [1.807, 2.05) is 11.3 Å². The zero-order valence-electron chi connectivity index (χ0n) is 11.8. The molecular formula is C15H24BrNS. The maximum Gasteiger partial charge on any atom is 0.0731 e. The van der Waals surface area contributed by atoms with Crippen LogP contribution in [0.25, 0.3) is 0 Å². The van der Waals surface area contributed by atoms with Crippen LogP contribution in [0, 0.1) is 18.3 Å². The molecule has 0 amide bonds. The molecule has 1 heterocycles. The van der Waals surface area contributed by atoms with E-state index in [9.17, 15) is 0 Å². The molecule has 0 spiro atoms. The minimum Gasteiger partial charge on any atom is -0.312 e. The van der Waals surface area contributed by atoms with Crippen LogP contribution in [-0.4, -0.2) is 7.05 Å². The molecule has 0 saturated heterocycles. The molecule has 0 bridgehead atoms. The summed E-state index contributed by atoms with van der Waals surface area (Å²) >= 11 is 5.55. The van der Waals surface area contributed by atoms with Gasteiger partial charge >= 0.3 is 0 Å². The molecule has 1 aliphatic carbocycles. The highest BCUT2D eigenvalue weighted by atomic mass is 79.9. The van der Waals surface area contributed by atoms with Crippen molar-refractivity contribution >= 4 is 27.3 Å². The van der Waals surface area contributed by atoms with Crippen molar-refractivity contribution < 1.29 is 0 Å². The predicted octanol–water partition coefficient (Wildman–Crippen LogP) is 5.30. The van der Waals surface area contributed by atoms with E-state index in [1.54, 1.807) is 0 Å². The number of halogens is 1. The van der Waals surface area contributed by atoms with Gasteiger partial charge in [-0.2, -0.15) is 0 Å². The summed E-state index contributed by atoms with van der Waals surface area (Å²) in [5.41, 5.74) is 1.82. The van der Waals surface area contributed by atoms with Crippen LogP contribution in [0.15, 0.2) is 9.85 Å². The second-order valence-corrected chi connectivity index (χ2v) is 8.61. The van der Waals surface area contributed by atoms with Crippen molar-refractivity contribution in [1.82, 2.24) is 5.32 Å².